The summed E-state index contributed by atoms with van der Waals surface area (Å²) in [5.41, 5.74) is 2.57. The molecule has 6 nitrogen and oxygen atoms in total. The SMILES string of the molecule is COc1ccc(C(=O)NC(Cc2ccccc2)c2ccc3c(c2)OCCCO3)cc1OC. The summed E-state index contributed by atoms with van der Waals surface area (Å²) in [6.45, 7) is 1.24. The average Bonchev–Trinajstić information content (AvgIpc) is 3.08. The molecule has 1 amide bonds. The van der Waals surface area contributed by atoms with E-state index in [-0.39, 0.29) is 11.9 Å². The summed E-state index contributed by atoms with van der Waals surface area (Å²) in [7, 11) is 3.12. The Morgan fingerprint density at radius 2 is 1.66 bits per heavy atom. The quantitative estimate of drug-likeness (QED) is 0.591. The van der Waals surface area contributed by atoms with Crippen LogP contribution in [-0.4, -0.2) is 33.3 Å². The van der Waals surface area contributed by atoms with Crippen LogP contribution in [0.3, 0.4) is 0 Å². The first kappa shape index (κ1) is 21.6. The van der Waals surface area contributed by atoms with Gasteiger partial charge in [-0.05, 0) is 47.9 Å². The van der Waals surface area contributed by atoms with E-state index in [1.54, 1.807) is 32.4 Å². The Bertz CT molecular complexity index is 1070. The van der Waals surface area contributed by atoms with E-state index < -0.39 is 0 Å². The van der Waals surface area contributed by atoms with Gasteiger partial charge in [0.25, 0.3) is 5.91 Å². The van der Waals surface area contributed by atoms with E-state index in [1.807, 2.05) is 36.4 Å². The zero-order chi connectivity index (χ0) is 22.3. The van der Waals surface area contributed by atoms with Gasteiger partial charge >= 0.3 is 0 Å². The van der Waals surface area contributed by atoms with Crippen molar-refractivity contribution in [2.75, 3.05) is 27.4 Å². The third-order valence-corrected chi connectivity index (χ3v) is 5.41. The molecule has 0 radical (unpaired) electrons. The highest BCUT2D eigenvalue weighted by Crippen LogP contribution is 2.34. The molecule has 1 heterocycles. The largest absolute Gasteiger partial charge is 0.493 e. The second-order valence-corrected chi connectivity index (χ2v) is 7.54. The first-order valence-electron chi connectivity index (χ1n) is 10.6. The second kappa shape index (κ2) is 10.1. The minimum Gasteiger partial charge on any atom is -0.493 e. The number of nitrogens with one attached hydrogen (secondary N) is 1. The highest BCUT2D eigenvalue weighted by Gasteiger charge is 2.20. The predicted octanol–water partition coefficient (Wildman–Crippen LogP) is 4.58. The number of hydrogen-bond donors (Lipinski definition) is 1. The maximum absolute atomic E-state index is 13.2. The van der Waals surface area contributed by atoms with Gasteiger partial charge < -0.3 is 24.3 Å². The van der Waals surface area contributed by atoms with Crippen molar-refractivity contribution in [3.05, 3.63) is 83.4 Å². The molecule has 0 bridgehead atoms. The van der Waals surface area contributed by atoms with Crippen molar-refractivity contribution < 1.29 is 23.7 Å². The van der Waals surface area contributed by atoms with Gasteiger partial charge in [-0.1, -0.05) is 36.4 Å². The predicted molar refractivity (Wildman–Crippen MR) is 122 cm³/mol. The molecule has 4 rings (SSSR count). The summed E-state index contributed by atoms with van der Waals surface area (Å²) in [6.07, 6.45) is 1.48. The molecule has 3 aromatic rings. The fourth-order valence-corrected chi connectivity index (χ4v) is 3.72. The molecule has 1 atom stereocenters. The zero-order valence-electron chi connectivity index (χ0n) is 18.3. The van der Waals surface area contributed by atoms with E-state index in [1.165, 1.54) is 0 Å². The van der Waals surface area contributed by atoms with Crippen molar-refractivity contribution >= 4 is 5.91 Å². The molecule has 0 saturated carbocycles. The van der Waals surface area contributed by atoms with Gasteiger partial charge in [-0.15, -0.1) is 0 Å². The zero-order valence-corrected chi connectivity index (χ0v) is 18.3. The number of benzene rings is 3. The molecular weight excluding hydrogens is 406 g/mol. The van der Waals surface area contributed by atoms with Gasteiger partial charge in [0, 0.05) is 12.0 Å². The molecule has 1 aliphatic rings. The average molecular weight is 434 g/mol. The van der Waals surface area contributed by atoms with Crippen molar-refractivity contribution in [2.45, 2.75) is 18.9 Å². The Morgan fingerprint density at radius 1 is 0.906 bits per heavy atom. The van der Waals surface area contributed by atoms with Crippen molar-refractivity contribution in [3.63, 3.8) is 0 Å². The highest BCUT2D eigenvalue weighted by molar-refractivity contribution is 5.95. The van der Waals surface area contributed by atoms with Crippen LogP contribution < -0.4 is 24.3 Å². The van der Waals surface area contributed by atoms with Crippen LogP contribution in [0.2, 0.25) is 0 Å². The third kappa shape index (κ3) is 4.97. The number of methoxy groups -OCH3 is 2. The Kier molecular flexibility index (Phi) is 6.80. The lowest BCUT2D eigenvalue weighted by molar-refractivity contribution is 0.0936. The summed E-state index contributed by atoms with van der Waals surface area (Å²) in [5.74, 6) is 2.33. The number of carbonyl (C=O) groups is 1. The molecule has 166 valence electrons. The molecule has 1 unspecified atom stereocenters. The number of amides is 1. The van der Waals surface area contributed by atoms with Crippen LogP contribution in [0.4, 0.5) is 0 Å². The van der Waals surface area contributed by atoms with Crippen molar-refractivity contribution in [1.82, 2.24) is 5.32 Å². The van der Waals surface area contributed by atoms with Gasteiger partial charge in [-0.25, -0.2) is 0 Å². The van der Waals surface area contributed by atoms with Crippen molar-refractivity contribution in [2.24, 2.45) is 0 Å². The van der Waals surface area contributed by atoms with Gasteiger partial charge in [-0.3, -0.25) is 4.79 Å². The maximum Gasteiger partial charge on any atom is 0.251 e. The van der Waals surface area contributed by atoms with Crippen LogP contribution in [-0.2, 0) is 6.42 Å². The summed E-state index contributed by atoms with van der Waals surface area (Å²) in [5, 5.41) is 3.18. The maximum atomic E-state index is 13.2. The van der Waals surface area contributed by atoms with E-state index in [9.17, 15) is 4.79 Å². The van der Waals surface area contributed by atoms with Crippen LogP contribution in [0.5, 0.6) is 23.0 Å². The summed E-state index contributed by atoms with van der Waals surface area (Å²) >= 11 is 0. The molecular formula is C26H27NO5. The summed E-state index contributed by atoms with van der Waals surface area (Å²) in [4.78, 5) is 13.2. The Hall–Kier alpha value is -3.67. The fraction of sp³-hybridized carbons (Fsp3) is 0.269. The molecule has 6 heteroatoms. The Labute approximate surface area is 188 Å². The fourth-order valence-electron chi connectivity index (χ4n) is 3.72. The molecule has 0 saturated heterocycles. The van der Waals surface area contributed by atoms with Crippen LogP contribution in [0.25, 0.3) is 0 Å². The Morgan fingerprint density at radius 3 is 2.41 bits per heavy atom. The Balaban J connectivity index is 1.63. The number of ether oxygens (including phenoxy) is 4. The minimum atomic E-state index is -0.254. The van der Waals surface area contributed by atoms with Gasteiger partial charge in [0.1, 0.15) is 0 Å². The molecule has 0 aliphatic carbocycles. The third-order valence-electron chi connectivity index (χ3n) is 5.41. The van der Waals surface area contributed by atoms with E-state index in [0.717, 1.165) is 23.3 Å². The summed E-state index contributed by atoms with van der Waals surface area (Å²) in [6, 6.07) is 20.8. The van der Waals surface area contributed by atoms with E-state index >= 15 is 0 Å². The molecule has 0 spiro atoms. The van der Waals surface area contributed by atoms with Crippen LogP contribution >= 0.6 is 0 Å². The van der Waals surface area contributed by atoms with E-state index in [0.29, 0.717) is 42.4 Å². The van der Waals surface area contributed by atoms with E-state index in [2.05, 4.69) is 17.4 Å². The second-order valence-electron chi connectivity index (χ2n) is 7.54. The lowest BCUT2D eigenvalue weighted by atomic mass is 9.98. The molecule has 1 aliphatic heterocycles. The monoisotopic (exact) mass is 433 g/mol. The highest BCUT2D eigenvalue weighted by atomic mass is 16.5. The number of carbonyl (C=O) groups excluding carboxylic acids is 1. The lowest BCUT2D eigenvalue weighted by Crippen LogP contribution is -2.30. The molecule has 0 fully saturated rings. The molecule has 1 N–H and O–H groups in total. The van der Waals surface area contributed by atoms with Crippen molar-refractivity contribution in [1.29, 1.82) is 0 Å². The van der Waals surface area contributed by atoms with Gasteiger partial charge in [0.05, 0.1) is 33.5 Å². The number of hydrogen-bond acceptors (Lipinski definition) is 5. The van der Waals surface area contributed by atoms with Gasteiger partial charge in [-0.2, -0.15) is 0 Å². The lowest BCUT2D eigenvalue weighted by Gasteiger charge is -2.21. The molecule has 32 heavy (non-hydrogen) atoms. The van der Waals surface area contributed by atoms with Gasteiger partial charge in [0.2, 0.25) is 0 Å². The minimum absolute atomic E-state index is 0.195. The first-order valence-corrected chi connectivity index (χ1v) is 10.6. The molecule has 3 aromatic carbocycles. The normalized spacial score (nSPS) is 13.6. The molecule has 0 aromatic heterocycles. The first-order chi connectivity index (χ1) is 15.7. The standard InChI is InChI=1S/C26H27NO5/c1-29-22-11-10-20(17-24(22)30-2)26(28)27-21(15-18-7-4-3-5-8-18)19-9-12-23-25(16-19)32-14-6-13-31-23/h3-5,7-12,16-17,21H,6,13-15H2,1-2H3,(H,27,28). The van der Waals surface area contributed by atoms with Crippen LogP contribution in [0.15, 0.2) is 66.7 Å². The van der Waals surface area contributed by atoms with Crippen LogP contribution in [0.1, 0.15) is 33.9 Å². The number of fused-ring (bicyclic) bond motifs is 1. The van der Waals surface area contributed by atoms with Gasteiger partial charge in [0.15, 0.2) is 23.0 Å². The summed E-state index contributed by atoms with van der Waals surface area (Å²) < 4.78 is 22.3. The smallest absolute Gasteiger partial charge is 0.251 e. The van der Waals surface area contributed by atoms with Crippen molar-refractivity contribution in [3.8, 4) is 23.0 Å². The number of rotatable bonds is 7. The van der Waals surface area contributed by atoms with E-state index in [4.69, 9.17) is 18.9 Å². The topological polar surface area (TPSA) is 66.0 Å². The van der Waals surface area contributed by atoms with Crippen LogP contribution in [0, 0.1) is 0 Å².